The van der Waals surface area contributed by atoms with Gasteiger partial charge in [0.05, 0.1) is 16.9 Å². The summed E-state index contributed by atoms with van der Waals surface area (Å²) >= 11 is 5.86. The van der Waals surface area contributed by atoms with E-state index in [1.807, 2.05) is 0 Å². The minimum atomic E-state index is -0.365. The van der Waals surface area contributed by atoms with Crippen LogP contribution in [0.1, 0.15) is 20.7 Å². The molecule has 7 heteroatoms. The molecule has 0 atom stereocenters. The molecule has 1 aliphatic heterocycles. The summed E-state index contributed by atoms with van der Waals surface area (Å²) in [6.45, 7) is 0.0767. The smallest absolute Gasteiger partial charge is 0.259 e. The molecule has 2 N–H and O–H groups in total. The zero-order valence-electron chi connectivity index (χ0n) is 14.6. The van der Waals surface area contributed by atoms with Gasteiger partial charge in [-0.25, -0.2) is 0 Å². The van der Waals surface area contributed by atoms with Crippen LogP contribution < -0.4 is 20.1 Å². The molecular weight excluding hydrogens is 380 g/mol. The number of carbonyl (C=O) groups is 2. The van der Waals surface area contributed by atoms with Crippen molar-refractivity contribution in [1.29, 1.82) is 0 Å². The molecule has 0 aliphatic carbocycles. The third-order valence-electron chi connectivity index (χ3n) is 4.17. The third kappa shape index (κ3) is 3.63. The second-order valence-electron chi connectivity index (χ2n) is 6.00. The van der Waals surface area contributed by atoms with Crippen molar-refractivity contribution in [3.8, 4) is 11.5 Å². The van der Waals surface area contributed by atoms with E-state index in [4.69, 9.17) is 21.1 Å². The normalized spacial score (nSPS) is 11.8. The van der Waals surface area contributed by atoms with Crippen molar-refractivity contribution >= 4 is 34.8 Å². The first-order valence-corrected chi connectivity index (χ1v) is 8.85. The van der Waals surface area contributed by atoms with Crippen LogP contribution in [0.2, 0.25) is 5.02 Å². The van der Waals surface area contributed by atoms with Crippen LogP contribution in [-0.4, -0.2) is 18.6 Å². The lowest BCUT2D eigenvalue weighted by Gasteiger charge is -2.13. The van der Waals surface area contributed by atoms with Crippen LogP contribution in [0.4, 0.5) is 11.4 Å². The van der Waals surface area contributed by atoms with Crippen LogP contribution in [0.3, 0.4) is 0 Å². The average molecular weight is 395 g/mol. The second-order valence-corrected chi connectivity index (χ2v) is 6.44. The van der Waals surface area contributed by atoms with Crippen LogP contribution in [0.25, 0.3) is 0 Å². The highest BCUT2D eigenvalue weighted by molar-refractivity contribution is 6.30. The van der Waals surface area contributed by atoms with Crippen molar-refractivity contribution in [2.75, 3.05) is 17.4 Å². The van der Waals surface area contributed by atoms with Gasteiger partial charge < -0.3 is 20.1 Å². The summed E-state index contributed by atoms with van der Waals surface area (Å²) in [5, 5.41) is 6.16. The van der Waals surface area contributed by atoms with Gasteiger partial charge in [0.25, 0.3) is 11.8 Å². The SMILES string of the molecule is O=C(Nc1ccccc1NC(=O)c1cccc2c1OCO2)c1ccc(Cl)cc1. The van der Waals surface area contributed by atoms with Crippen molar-refractivity contribution < 1.29 is 19.1 Å². The zero-order chi connectivity index (χ0) is 19.5. The number of ether oxygens (including phenoxy) is 2. The molecule has 4 rings (SSSR count). The Morgan fingerprint density at radius 3 is 2.18 bits per heavy atom. The van der Waals surface area contributed by atoms with E-state index in [1.165, 1.54) is 0 Å². The fourth-order valence-corrected chi connectivity index (χ4v) is 2.92. The van der Waals surface area contributed by atoms with Gasteiger partial charge in [0.15, 0.2) is 11.5 Å². The van der Waals surface area contributed by atoms with Gasteiger partial charge in [-0.2, -0.15) is 0 Å². The Balaban J connectivity index is 1.55. The van der Waals surface area contributed by atoms with Crippen molar-refractivity contribution in [1.82, 2.24) is 0 Å². The Labute approximate surface area is 166 Å². The number of anilines is 2. The maximum atomic E-state index is 12.7. The molecule has 28 heavy (non-hydrogen) atoms. The molecule has 2 amide bonds. The fourth-order valence-electron chi connectivity index (χ4n) is 2.80. The van der Waals surface area contributed by atoms with Crippen molar-refractivity contribution in [3.05, 3.63) is 82.9 Å². The van der Waals surface area contributed by atoms with Gasteiger partial charge in [-0.05, 0) is 48.5 Å². The lowest BCUT2D eigenvalue weighted by Crippen LogP contribution is -2.17. The lowest BCUT2D eigenvalue weighted by molar-refractivity contribution is 0.101. The molecule has 0 aromatic heterocycles. The molecule has 0 spiro atoms. The van der Waals surface area contributed by atoms with Crippen molar-refractivity contribution in [3.63, 3.8) is 0 Å². The first-order chi connectivity index (χ1) is 13.6. The van der Waals surface area contributed by atoms with E-state index in [2.05, 4.69) is 10.6 Å². The molecule has 0 saturated carbocycles. The number of rotatable bonds is 4. The Bertz CT molecular complexity index is 1050. The number of amides is 2. The van der Waals surface area contributed by atoms with Gasteiger partial charge in [0, 0.05) is 10.6 Å². The molecular formula is C21H15ClN2O4. The molecule has 0 saturated heterocycles. The molecule has 140 valence electrons. The summed E-state index contributed by atoms with van der Waals surface area (Å²) < 4.78 is 10.7. The highest BCUT2D eigenvalue weighted by Crippen LogP contribution is 2.36. The van der Waals surface area contributed by atoms with Gasteiger partial charge in [0.1, 0.15) is 0 Å². The van der Waals surface area contributed by atoms with E-state index in [1.54, 1.807) is 66.7 Å². The Kier molecular flexibility index (Phi) is 4.87. The van der Waals surface area contributed by atoms with Gasteiger partial charge in [-0.15, -0.1) is 0 Å². The van der Waals surface area contributed by atoms with E-state index >= 15 is 0 Å². The first kappa shape index (κ1) is 17.9. The predicted octanol–water partition coefficient (Wildman–Crippen LogP) is 4.57. The van der Waals surface area contributed by atoms with Gasteiger partial charge >= 0.3 is 0 Å². The summed E-state index contributed by atoms with van der Waals surface area (Å²) in [4.78, 5) is 25.2. The van der Waals surface area contributed by atoms with Crippen LogP contribution in [-0.2, 0) is 0 Å². The number of hydrogen-bond donors (Lipinski definition) is 2. The number of para-hydroxylation sites is 3. The number of nitrogens with one attached hydrogen (secondary N) is 2. The third-order valence-corrected chi connectivity index (χ3v) is 4.42. The van der Waals surface area contributed by atoms with Crippen LogP contribution in [0.15, 0.2) is 66.7 Å². The second kappa shape index (κ2) is 7.62. The Hall–Kier alpha value is -3.51. The molecule has 3 aromatic carbocycles. The Morgan fingerprint density at radius 2 is 1.46 bits per heavy atom. The van der Waals surface area contributed by atoms with Gasteiger partial charge in [-0.1, -0.05) is 29.8 Å². The monoisotopic (exact) mass is 394 g/mol. The largest absolute Gasteiger partial charge is 0.454 e. The topological polar surface area (TPSA) is 76.7 Å². The number of carbonyl (C=O) groups excluding carboxylic acids is 2. The molecule has 0 bridgehead atoms. The summed E-state index contributed by atoms with van der Waals surface area (Å²) in [6, 6.07) is 18.6. The first-order valence-electron chi connectivity index (χ1n) is 8.48. The van der Waals surface area contributed by atoms with Crippen LogP contribution >= 0.6 is 11.6 Å². The molecule has 3 aromatic rings. The number of benzene rings is 3. The van der Waals surface area contributed by atoms with E-state index in [9.17, 15) is 9.59 Å². The minimum Gasteiger partial charge on any atom is -0.454 e. The van der Waals surface area contributed by atoms with E-state index in [0.717, 1.165) is 0 Å². The molecule has 0 radical (unpaired) electrons. The fraction of sp³-hybridized carbons (Fsp3) is 0.0476. The summed E-state index contributed by atoms with van der Waals surface area (Å²) in [6.07, 6.45) is 0. The highest BCUT2D eigenvalue weighted by atomic mass is 35.5. The van der Waals surface area contributed by atoms with E-state index in [-0.39, 0.29) is 18.6 Å². The number of hydrogen-bond acceptors (Lipinski definition) is 4. The van der Waals surface area contributed by atoms with Crippen molar-refractivity contribution in [2.24, 2.45) is 0 Å². The molecule has 0 unspecified atom stereocenters. The predicted molar refractivity (Wildman–Crippen MR) is 106 cm³/mol. The minimum absolute atomic E-state index is 0.0767. The Morgan fingerprint density at radius 1 is 0.786 bits per heavy atom. The van der Waals surface area contributed by atoms with Crippen LogP contribution in [0.5, 0.6) is 11.5 Å². The molecule has 1 aliphatic rings. The number of fused-ring (bicyclic) bond motifs is 1. The van der Waals surface area contributed by atoms with Crippen LogP contribution in [0, 0.1) is 0 Å². The average Bonchev–Trinajstić information content (AvgIpc) is 3.18. The molecule has 1 heterocycles. The van der Waals surface area contributed by atoms with Gasteiger partial charge in [-0.3, -0.25) is 9.59 Å². The summed E-state index contributed by atoms with van der Waals surface area (Å²) in [5.41, 5.74) is 1.75. The standard InChI is InChI=1S/C21H15ClN2O4/c22-14-10-8-13(9-11-14)20(25)23-16-5-1-2-6-17(16)24-21(26)15-4-3-7-18-19(15)28-12-27-18/h1-11H,12H2,(H,23,25)(H,24,26). The maximum Gasteiger partial charge on any atom is 0.259 e. The lowest BCUT2D eigenvalue weighted by atomic mass is 10.1. The maximum absolute atomic E-state index is 12.7. The van der Waals surface area contributed by atoms with E-state index < -0.39 is 0 Å². The number of halogens is 1. The zero-order valence-corrected chi connectivity index (χ0v) is 15.3. The molecule has 6 nitrogen and oxygen atoms in total. The quantitative estimate of drug-likeness (QED) is 0.679. The summed E-state index contributed by atoms with van der Waals surface area (Å²) in [7, 11) is 0. The summed E-state index contributed by atoms with van der Waals surface area (Å²) in [5.74, 6) is 0.255. The van der Waals surface area contributed by atoms with E-state index in [0.29, 0.717) is 39.0 Å². The highest BCUT2D eigenvalue weighted by Gasteiger charge is 2.22. The molecule has 0 fully saturated rings. The van der Waals surface area contributed by atoms with Crippen molar-refractivity contribution in [2.45, 2.75) is 0 Å². The van der Waals surface area contributed by atoms with Gasteiger partial charge in [0.2, 0.25) is 6.79 Å².